The predicted molar refractivity (Wildman–Crippen MR) is 84.1 cm³/mol. The average Bonchev–Trinajstić information content (AvgIpc) is 3.03. The number of hydrogen-bond donors (Lipinski definition) is 1. The van der Waals surface area contributed by atoms with E-state index in [9.17, 15) is 4.79 Å². The van der Waals surface area contributed by atoms with Crippen molar-refractivity contribution in [3.8, 4) is 0 Å². The standard InChI is InChI=1S/C16H20N2OS/c1-3-4-5-11-6-7-13-14(9-11)20-16(17-13)18-15(19)12-8-10(12)2/h6-7,9-10,12H,3-5,8H2,1-2H3,(H,17,18,19). The van der Waals surface area contributed by atoms with Gasteiger partial charge in [-0.1, -0.05) is 37.7 Å². The molecule has 4 heteroatoms. The summed E-state index contributed by atoms with van der Waals surface area (Å²) < 4.78 is 1.16. The third kappa shape index (κ3) is 2.85. The molecule has 3 rings (SSSR count). The number of nitrogens with zero attached hydrogens (tertiary/aromatic N) is 1. The number of carbonyl (C=O) groups is 1. The number of nitrogens with one attached hydrogen (secondary N) is 1. The highest BCUT2D eigenvalue weighted by atomic mass is 32.1. The molecule has 0 radical (unpaired) electrons. The van der Waals surface area contributed by atoms with Crippen LogP contribution in [0, 0.1) is 11.8 Å². The molecule has 0 bridgehead atoms. The van der Waals surface area contributed by atoms with Gasteiger partial charge >= 0.3 is 0 Å². The van der Waals surface area contributed by atoms with Gasteiger partial charge in [-0.05, 0) is 42.9 Å². The third-order valence-electron chi connectivity index (χ3n) is 3.95. The van der Waals surface area contributed by atoms with E-state index in [2.05, 4.69) is 42.3 Å². The Labute approximate surface area is 123 Å². The second kappa shape index (κ2) is 5.52. The highest BCUT2D eigenvalue weighted by Gasteiger charge is 2.39. The number of aromatic nitrogens is 1. The van der Waals surface area contributed by atoms with Gasteiger partial charge in [0.05, 0.1) is 10.2 Å². The van der Waals surface area contributed by atoms with E-state index in [4.69, 9.17) is 0 Å². The number of rotatable bonds is 5. The van der Waals surface area contributed by atoms with Gasteiger partial charge in [0, 0.05) is 5.92 Å². The number of unbranched alkanes of at least 4 members (excludes halogenated alkanes) is 1. The van der Waals surface area contributed by atoms with Gasteiger partial charge in [-0.2, -0.15) is 0 Å². The fraction of sp³-hybridized carbons (Fsp3) is 0.500. The topological polar surface area (TPSA) is 42.0 Å². The minimum atomic E-state index is 0.128. The van der Waals surface area contributed by atoms with Crippen LogP contribution in [0.5, 0.6) is 0 Å². The summed E-state index contributed by atoms with van der Waals surface area (Å²) in [4.78, 5) is 16.4. The fourth-order valence-corrected chi connectivity index (χ4v) is 3.38. The van der Waals surface area contributed by atoms with E-state index in [1.54, 1.807) is 11.3 Å². The minimum Gasteiger partial charge on any atom is -0.302 e. The summed E-state index contributed by atoms with van der Waals surface area (Å²) in [5.74, 6) is 0.856. The van der Waals surface area contributed by atoms with Crippen LogP contribution in [0.25, 0.3) is 10.2 Å². The second-order valence-electron chi connectivity index (χ2n) is 5.73. The molecular weight excluding hydrogens is 268 g/mol. The lowest BCUT2D eigenvalue weighted by Gasteiger charge is -1.98. The van der Waals surface area contributed by atoms with Crippen LogP contribution in [0.4, 0.5) is 5.13 Å². The largest absolute Gasteiger partial charge is 0.302 e. The lowest BCUT2D eigenvalue weighted by Crippen LogP contribution is -2.14. The molecule has 20 heavy (non-hydrogen) atoms. The van der Waals surface area contributed by atoms with Crippen LogP contribution in [-0.2, 0) is 11.2 Å². The van der Waals surface area contributed by atoms with Crippen molar-refractivity contribution in [2.75, 3.05) is 5.32 Å². The van der Waals surface area contributed by atoms with E-state index < -0.39 is 0 Å². The zero-order chi connectivity index (χ0) is 14.1. The van der Waals surface area contributed by atoms with Crippen LogP contribution < -0.4 is 5.32 Å². The first-order valence-electron chi connectivity index (χ1n) is 7.37. The summed E-state index contributed by atoms with van der Waals surface area (Å²) in [5, 5.41) is 3.69. The maximum Gasteiger partial charge on any atom is 0.229 e. The van der Waals surface area contributed by atoms with Gasteiger partial charge in [0.25, 0.3) is 0 Å². The van der Waals surface area contributed by atoms with Gasteiger partial charge in [0.1, 0.15) is 0 Å². The van der Waals surface area contributed by atoms with Crippen molar-refractivity contribution in [3.63, 3.8) is 0 Å². The molecule has 2 aromatic rings. The van der Waals surface area contributed by atoms with Gasteiger partial charge < -0.3 is 5.32 Å². The molecule has 0 saturated heterocycles. The molecule has 2 atom stereocenters. The summed E-state index contributed by atoms with van der Waals surface area (Å²) in [6.45, 7) is 4.32. The predicted octanol–water partition coefficient (Wildman–Crippen LogP) is 4.23. The van der Waals surface area contributed by atoms with E-state index in [-0.39, 0.29) is 11.8 Å². The van der Waals surface area contributed by atoms with Crippen molar-refractivity contribution in [1.29, 1.82) is 0 Å². The summed E-state index contributed by atoms with van der Waals surface area (Å²) in [6, 6.07) is 6.41. The minimum absolute atomic E-state index is 0.128. The molecule has 1 aliphatic rings. The Hall–Kier alpha value is -1.42. The Balaban J connectivity index is 1.74. The van der Waals surface area contributed by atoms with Crippen LogP contribution >= 0.6 is 11.3 Å². The van der Waals surface area contributed by atoms with Crippen molar-refractivity contribution >= 4 is 32.6 Å². The normalized spacial score (nSPS) is 21.1. The summed E-state index contributed by atoms with van der Waals surface area (Å²) >= 11 is 1.58. The molecule has 106 valence electrons. The Kier molecular flexibility index (Phi) is 3.74. The van der Waals surface area contributed by atoms with E-state index in [1.165, 1.54) is 18.4 Å². The summed E-state index contributed by atoms with van der Waals surface area (Å²) in [5.41, 5.74) is 2.34. The number of carbonyl (C=O) groups excluding carboxylic acids is 1. The molecule has 1 amide bonds. The fourth-order valence-electron chi connectivity index (χ4n) is 2.44. The zero-order valence-electron chi connectivity index (χ0n) is 12.0. The van der Waals surface area contributed by atoms with E-state index in [1.807, 2.05) is 0 Å². The lowest BCUT2D eigenvalue weighted by atomic mass is 10.1. The first-order chi connectivity index (χ1) is 9.67. The van der Waals surface area contributed by atoms with Crippen molar-refractivity contribution in [1.82, 2.24) is 4.98 Å². The molecule has 1 aromatic carbocycles. The van der Waals surface area contributed by atoms with Crippen LogP contribution in [0.1, 0.15) is 38.7 Å². The molecule has 1 aliphatic carbocycles. The van der Waals surface area contributed by atoms with Crippen LogP contribution in [-0.4, -0.2) is 10.9 Å². The molecule has 1 aromatic heterocycles. The van der Waals surface area contributed by atoms with Crippen molar-refractivity contribution in [2.24, 2.45) is 11.8 Å². The monoisotopic (exact) mass is 288 g/mol. The van der Waals surface area contributed by atoms with Gasteiger partial charge in [-0.3, -0.25) is 4.79 Å². The number of benzene rings is 1. The number of thiazole rings is 1. The SMILES string of the molecule is CCCCc1ccc2nc(NC(=O)C3CC3C)sc2c1. The van der Waals surface area contributed by atoms with Gasteiger partial charge in [0.15, 0.2) is 5.13 Å². The quantitative estimate of drug-likeness (QED) is 0.894. The molecule has 3 nitrogen and oxygen atoms in total. The Morgan fingerprint density at radius 3 is 3.00 bits per heavy atom. The summed E-state index contributed by atoms with van der Waals surface area (Å²) in [7, 11) is 0. The molecule has 1 N–H and O–H groups in total. The Morgan fingerprint density at radius 2 is 2.30 bits per heavy atom. The van der Waals surface area contributed by atoms with E-state index >= 15 is 0 Å². The second-order valence-corrected chi connectivity index (χ2v) is 6.76. The first-order valence-corrected chi connectivity index (χ1v) is 8.19. The maximum absolute atomic E-state index is 11.9. The average molecular weight is 288 g/mol. The maximum atomic E-state index is 11.9. The number of fused-ring (bicyclic) bond motifs is 1. The van der Waals surface area contributed by atoms with E-state index in [0.29, 0.717) is 5.92 Å². The Bertz CT molecular complexity index is 634. The van der Waals surface area contributed by atoms with Gasteiger partial charge in [-0.25, -0.2) is 4.98 Å². The first kappa shape index (κ1) is 13.6. The van der Waals surface area contributed by atoms with Crippen molar-refractivity contribution in [3.05, 3.63) is 23.8 Å². The third-order valence-corrected chi connectivity index (χ3v) is 4.88. The van der Waals surface area contributed by atoms with E-state index in [0.717, 1.165) is 28.2 Å². The van der Waals surface area contributed by atoms with Gasteiger partial charge in [0.2, 0.25) is 5.91 Å². The highest BCUT2D eigenvalue weighted by molar-refractivity contribution is 7.22. The molecule has 1 fully saturated rings. The van der Waals surface area contributed by atoms with Crippen LogP contribution in [0.15, 0.2) is 18.2 Å². The number of hydrogen-bond acceptors (Lipinski definition) is 3. The summed E-state index contributed by atoms with van der Waals surface area (Å²) in [6.07, 6.45) is 4.55. The van der Waals surface area contributed by atoms with Gasteiger partial charge in [-0.15, -0.1) is 0 Å². The molecule has 1 heterocycles. The van der Waals surface area contributed by atoms with Crippen molar-refractivity contribution < 1.29 is 4.79 Å². The molecule has 2 unspecified atom stereocenters. The Morgan fingerprint density at radius 1 is 1.50 bits per heavy atom. The molecular formula is C16H20N2OS. The molecule has 0 aliphatic heterocycles. The highest BCUT2D eigenvalue weighted by Crippen LogP contribution is 2.39. The molecule has 1 saturated carbocycles. The van der Waals surface area contributed by atoms with Crippen molar-refractivity contribution in [2.45, 2.75) is 39.5 Å². The number of anilines is 1. The zero-order valence-corrected chi connectivity index (χ0v) is 12.8. The van der Waals surface area contributed by atoms with Crippen LogP contribution in [0.3, 0.4) is 0 Å². The number of aryl methyl sites for hydroxylation is 1. The number of amides is 1. The molecule has 0 spiro atoms. The smallest absolute Gasteiger partial charge is 0.229 e. The lowest BCUT2D eigenvalue weighted by molar-refractivity contribution is -0.117. The van der Waals surface area contributed by atoms with Crippen LogP contribution in [0.2, 0.25) is 0 Å².